The molecule has 0 unspecified atom stereocenters. The minimum absolute atomic E-state index is 0.0558. The van der Waals surface area contributed by atoms with Gasteiger partial charge in [0.15, 0.2) is 5.82 Å². The molecule has 5 rings (SSSR count). The molecule has 1 aliphatic rings. The van der Waals surface area contributed by atoms with Crippen molar-refractivity contribution in [2.45, 2.75) is 72.0 Å². The smallest absolute Gasteiger partial charge is 0.305 e. The molecule has 2 atom stereocenters. The Morgan fingerprint density at radius 2 is 1.80 bits per heavy atom. The second-order valence-corrected chi connectivity index (χ2v) is 13.9. The summed E-state index contributed by atoms with van der Waals surface area (Å²) < 4.78 is 31.6. The van der Waals surface area contributed by atoms with E-state index in [0.29, 0.717) is 28.8 Å². The van der Waals surface area contributed by atoms with Gasteiger partial charge in [0.05, 0.1) is 12.1 Å². The van der Waals surface area contributed by atoms with Crippen molar-refractivity contribution in [2.24, 2.45) is 5.92 Å². The average molecular weight is 687 g/mol. The summed E-state index contributed by atoms with van der Waals surface area (Å²) in [6.07, 6.45) is 3.07. The molecule has 0 saturated carbocycles. The van der Waals surface area contributed by atoms with Crippen molar-refractivity contribution in [3.63, 3.8) is 0 Å². The number of hydrogen-bond donors (Lipinski definition) is 3. The van der Waals surface area contributed by atoms with E-state index in [1.165, 1.54) is 12.1 Å². The van der Waals surface area contributed by atoms with Gasteiger partial charge in [-0.05, 0) is 104 Å². The fourth-order valence-electron chi connectivity index (χ4n) is 6.89. The van der Waals surface area contributed by atoms with Crippen LogP contribution in [-0.4, -0.2) is 68.6 Å². The van der Waals surface area contributed by atoms with Gasteiger partial charge in [-0.1, -0.05) is 19.9 Å². The molecule has 2 aromatic carbocycles. The molecule has 3 heterocycles. The molecule has 1 aliphatic heterocycles. The number of amides is 1. The predicted molar refractivity (Wildman–Crippen MR) is 186 cm³/mol. The van der Waals surface area contributed by atoms with Gasteiger partial charge in [-0.15, -0.1) is 0 Å². The lowest BCUT2D eigenvalue weighted by molar-refractivity contribution is -0.137. The maximum atomic E-state index is 15.8. The number of benzene rings is 2. The Labute approximate surface area is 290 Å². The Kier molecular flexibility index (Phi) is 10.9. The third-order valence-corrected chi connectivity index (χ3v) is 9.10. The molecular formula is C38H44F2N6O4. The molecule has 0 spiro atoms. The van der Waals surface area contributed by atoms with Crippen LogP contribution in [0.1, 0.15) is 76.7 Å². The zero-order valence-corrected chi connectivity index (χ0v) is 29.3. The highest BCUT2D eigenvalue weighted by molar-refractivity contribution is 5.95. The summed E-state index contributed by atoms with van der Waals surface area (Å²) in [5.74, 6) is -2.37. The maximum absolute atomic E-state index is 15.8. The lowest BCUT2D eigenvalue weighted by Gasteiger charge is -2.33. The first-order chi connectivity index (χ1) is 23.7. The van der Waals surface area contributed by atoms with Crippen LogP contribution < -0.4 is 10.6 Å². The molecule has 1 amide bonds. The maximum Gasteiger partial charge on any atom is 0.305 e. The Hall–Kier alpha value is -4.81. The molecule has 50 heavy (non-hydrogen) atoms. The van der Waals surface area contributed by atoms with Crippen molar-refractivity contribution < 1.29 is 28.3 Å². The Morgan fingerprint density at radius 1 is 1.08 bits per heavy atom. The van der Waals surface area contributed by atoms with E-state index in [1.807, 2.05) is 27.1 Å². The number of fused-ring (bicyclic) bond motifs is 1. The second kappa shape index (κ2) is 15.0. The van der Waals surface area contributed by atoms with E-state index in [4.69, 9.17) is 0 Å². The van der Waals surface area contributed by atoms with E-state index in [9.17, 15) is 23.9 Å². The molecule has 0 radical (unpaired) electrons. The number of aromatic nitrogens is 3. The number of halogens is 2. The summed E-state index contributed by atoms with van der Waals surface area (Å²) >= 11 is 0. The standard InChI is InChI=1S/C38H44F2N6O4/c1-22(2)17-38(21-47,43-37(50)31-8-7-9-33(42-31)46-19-27-18-45(6)11-10-30(27)44-46)20-41-32(16-34(48)49)29-15-26(12-25(5)36(29)40)35-23(3)13-28(39)14-24(35)4/h7-9,12-15,19,21-22,32,41H,10-11,16-18,20H2,1-6H3,(H,43,50)(H,48,49)/t32-,38+/m0/s1. The fraction of sp³-hybridized carbons (Fsp3) is 0.395. The van der Waals surface area contributed by atoms with Crippen LogP contribution in [0, 0.1) is 38.3 Å². The van der Waals surface area contributed by atoms with Gasteiger partial charge in [-0.3, -0.25) is 9.59 Å². The van der Waals surface area contributed by atoms with E-state index in [-0.39, 0.29) is 41.5 Å². The predicted octanol–water partition coefficient (Wildman–Crippen LogP) is 5.64. The zero-order chi connectivity index (χ0) is 36.3. The quantitative estimate of drug-likeness (QED) is 0.154. The number of likely N-dealkylation sites (N-methyl/N-ethyl adjacent to an activating group) is 1. The number of carbonyl (C=O) groups excluding carboxylic acids is 2. The van der Waals surface area contributed by atoms with Gasteiger partial charge in [0.25, 0.3) is 5.91 Å². The molecular weight excluding hydrogens is 642 g/mol. The van der Waals surface area contributed by atoms with E-state index in [2.05, 4.69) is 25.6 Å². The van der Waals surface area contributed by atoms with Crippen molar-refractivity contribution in [3.8, 4) is 16.9 Å². The SMILES string of the molecule is Cc1cc(-c2c(C)cc(F)cc2C)cc([C@H](CC(=O)O)NC[C@@](C=O)(CC(C)C)NC(=O)c2cccc(-n3cc4c(n3)CCN(C)C4)n2)c1F. The van der Waals surface area contributed by atoms with Gasteiger partial charge in [-0.25, -0.2) is 18.4 Å². The molecule has 12 heteroatoms. The first-order valence-electron chi connectivity index (χ1n) is 16.7. The molecule has 0 aliphatic carbocycles. The van der Waals surface area contributed by atoms with Crippen molar-refractivity contribution >= 4 is 18.2 Å². The number of hydrogen-bond acceptors (Lipinski definition) is 7. The van der Waals surface area contributed by atoms with Gasteiger partial charge in [0.2, 0.25) is 0 Å². The number of carboxylic acids is 1. The topological polar surface area (TPSA) is 129 Å². The number of carbonyl (C=O) groups is 3. The summed E-state index contributed by atoms with van der Waals surface area (Å²) in [6.45, 7) is 10.4. The van der Waals surface area contributed by atoms with Crippen LogP contribution >= 0.6 is 0 Å². The molecule has 3 N–H and O–H groups in total. The van der Waals surface area contributed by atoms with E-state index in [0.717, 1.165) is 36.3 Å². The molecule has 0 saturated heterocycles. The van der Waals surface area contributed by atoms with Crippen molar-refractivity contribution in [1.29, 1.82) is 0 Å². The number of carboxylic acid groups (broad SMARTS) is 1. The highest BCUT2D eigenvalue weighted by Gasteiger charge is 2.35. The summed E-state index contributed by atoms with van der Waals surface area (Å²) in [6, 6.07) is 9.93. The van der Waals surface area contributed by atoms with Crippen LogP contribution in [0.5, 0.6) is 0 Å². The molecule has 2 aromatic heterocycles. The van der Waals surface area contributed by atoms with Crippen molar-refractivity contribution in [1.82, 2.24) is 30.3 Å². The minimum Gasteiger partial charge on any atom is -0.481 e. The summed E-state index contributed by atoms with van der Waals surface area (Å²) in [5, 5.41) is 20.5. The van der Waals surface area contributed by atoms with Crippen LogP contribution in [0.4, 0.5) is 8.78 Å². The van der Waals surface area contributed by atoms with Crippen LogP contribution in [-0.2, 0) is 22.6 Å². The Balaban J connectivity index is 1.44. The van der Waals surface area contributed by atoms with Gasteiger partial charge in [0.1, 0.15) is 29.2 Å². The molecule has 264 valence electrons. The van der Waals surface area contributed by atoms with E-state index >= 15 is 4.39 Å². The summed E-state index contributed by atoms with van der Waals surface area (Å²) in [5.41, 5.74) is 3.67. The average Bonchev–Trinajstić information content (AvgIpc) is 3.47. The zero-order valence-electron chi connectivity index (χ0n) is 29.3. The summed E-state index contributed by atoms with van der Waals surface area (Å²) in [4.78, 5) is 45.4. The van der Waals surface area contributed by atoms with Crippen LogP contribution in [0.25, 0.3) is 16.9 Å². The normalized spacial score (nSPS) is 15.0. The second-order valence-electron chi connectivity index (χ2n) is 13.9. The fourth-order valence-corrected chi connectivity index (χ4v) is 6.89. The van der Waals surface area contributed by atoms with Crippen molar-refractivity contribution in [3.05, 3.63) is 99.5 Å². The number of nitrogens with one attached hydrogen (secondary N) is 2. The highest BCUT2D eigenvalue weighted by Crippen LogP contribution is 2.34. The third-order valence-electron chi connectivity index (χ3n) is 9.10. The van der Waals surface area contributed by atoms with Crippen LogP contribution in [0.3, 0.4) is 0 Å². The van der Waals surface area contributed by atoms with E-state index in [1.54, 1.807) is 55.8 Å². The van der Waals surface area contributed by atoms with Gasteiger partial charge in [-0.2, -0.15) is 5.10 Å². The number of aldehydes is 1. The molecule has 0 bridgehead atoms. The third kappa shape index (κ3) is 8.14. The van der Waals surface area contributed by atoms with Crippen LogP contribution in [0.2, 0.25) is 0 Å². The van der Waals surface area contributed by atoms with Gasteiger partial charge < -0.3 is 25.4 Å². The lowest BCUT2D eigenvalue weighted by atomic mass is 9.88. The highest BCUT2D eigenvalue weighted by atomic mass is 19.1. The largest absolute Gasteiger partial charge is 0.481 e. The molecule has 0 fully saturated rings. The number of pyridine rings is 1. The van der Waals surface area contributed by atoms with E-state index < -0.39 is 35.7 Å². The Morgan fingerprint density at radius 3 is 2.46 bits per heavy atom. The lowest BCUT2D eigenvalue weighted by Crippen LogP contribution is -2.57. The van der Waals surface area contributed by atoms with Crippen LogP contribution in [0.15, 0.2) is 48.7 Å². The number of aliphatic carboxylic acids is 1. The summed E-state index contributed by atoms with van der Waals surface area (Å²) in [7, 11) is 2.04. The minimum atomic E-state index is -1.48. The molecule has 10 nitrogen and oxygen atoms in total. The number of rotatable bonds is 13. The molecule has 4 aromatic rings. The van der Waals surface area contributed by atoms with Gasteiger partial charge >= 0.3 is 5.97 Å². The number of aryl methyl sites for hydroxylation is 3. The van der Waals surface area contributed by atoms with Crippen molar-refractivity contribution in [2.75, 3.05) is 20.1 Å². The number of nitrogens with zero attached hydrogens (tertiary/aromatic N) is 4. The monoisotopic (exact) mass is 686 g/mol. The first-order valence-corrected chi connectivity index (χ1v) is 16.7. The van der Waals surface area contributed by atoms with Gasteiger partial charge in [0, 0.05) is 49.4 Å². The Bertz CT molecular complexity index is 1900. The first kappa shape index (κ1) is 36.5.